The topological polar surface area (TPSA) is 46.9 Å². The number of hydrogen-bond acceptors (Lipinski definition) is 3. The summed E-state index contributed by atoms with van der Waals surface area (Å²) in [6.45, 7) is 0. The fraction of sp³-hybridized carbons (Fsp3) is 0.429. The van der Waals surface area contributed by atoms with E-state index in [0.717, 1.165) is 16.6 Å². The van der Waals surface area contributed by atoms with Crippen molar-refractivity contribution >= 4 is 16.6 Å². The molecule has 2 aromatic rings. The highest BCUT2D eigenvalue weighted by Crippen LogP contribution is 2.24. The Morgan fingerprint density at radius 2 is 1.89 bits per heavy atom. The lowest BCUT2D eigenvalue weighted by molar-refractivity contribution is 0.698. The largest absolute Gasteiger partial charge is 0.365 e. The van der Waals surface area contributed by atoms with Crippen LogP contribution in [0.5, 0.6) is 0 Å². The number of fused-ring (bicyclic) bond motifs is 1. The fourth-order valence-electron chi connectivity index (χ4n) is 2.67. The van der Waals surface area contributed by atoms with Crippen molar-refractivity contribution in [3.63, 3.8) is 0 Å². The second kappa shape index (κ2) is 4.44. The molecule has 0 saturated heterocycles. The van der Waals surface area contributed by atoms with Gasteiger partial charge in [-0.05, 0) is 18.9 Å². The Morgan fingerprint density at radius 3 is 2.61 bits per heavy atom. The Labute approximate surface area is 106 Å². The first-order valence-corrected chi connectivity index (χ1v) is 6.48. The zero-order valence-corrected chi connectivity index (χ0v) is 10.5. The van der Waals surface area contributed by atoms with Gasteiger partial charge in [-0.25, -0.2) is 4.68 Å². The predicted molar refractivity (Wildman–Crippen MR) is 72.9 cm³/mol. The maximum absolute atomic E-state index is 12.0. The van der Waals surface area contributed by atoms with Crippen molar-refractivity contribution in [2.24, 2.45) is 7.05 Å². The summed E-state index contributed by atoms with van der Waals surface area (Å²) in [4.78, 5) is 12.0. The number of aryl methyl sites for hydroxylation is 1. The van der Waals surface area contributed by atoms with E-state index in [2.05, 4.69) is 10.4 Å². The lowest BCUT2D eigenvalue weighted by Crippen LogP contribution is -2.24. The van der Waals surface area contributed by atoms with Crippen LogP contribution in [0.2, 0.25) is 0 Å². The summed E-state index contributed by atoms with van der Waals surface area (Å²) < 4.78 is 1.42. The van der Waals surface area contributed by atoms with Crippen LogP contribution < -0.4 is 10.9 Å². The monoisotopic (exact) mass is 243 g/mol. The van der Waals surface area contributed by atoms with E-state index >= 15 is 0 Å². The Morgan fingerprint density at radius 1 is 1.22 bits per heavy atom. The minimum atomic E-state index is -0.0393. The van der Waals surface area contributed by atoms with Crippen LogP contribution in [-0.4, -0.2) is 15.8 Å². The number of anilines is 1. The van der Waals surface area contributed by atoms with Gasteiger partial charge in [-0.15, -0.1) is 0 Å². The molecule has 0 spiro atoms. The van der Waals surface area contributed by atoms with Crippen LogP contribution in [0.1, 0.15) is 25.7 Å². The van der Waals surface area contributed by atoms with Crippen molar-refractivity contribution in [2.45, 2.75) is 31.7 Å². The van der Waals surface area contributed by atoms with E-state index in [1.165, 1.54) is 30.4 Å². The van der Waals surface area contributed by atoms with E-state index in [-0.39, 0.29) is 5.56 Å². The van der Waals surface area contributed by atoms with Crippen LogP contribution in [-0.2, 0) is 7.05 Å². The van der Waals surface area contributed by atoms with Gasteiger partial charge in [0.2, 0.25) is 0 Å². The quantitative estimate of drug-likeness (QED) is 0.880. The van der Waals surface area contributed by atoms with Gasteiger partial charge in [0, 0.05) is 18.5 Å². The molecule has 4 nitrogen and oxygen atoms in total. The molecule has 18 heavy (non-hydrogen) atoms. The molecule has 1 heterocycles. The highest BCUT2D eigenvalue weighted by Gasteiger charge is 2.17. The van der Waals surface area contributed by atoms with E-state index in [9.17, 15) is 4.79 Å². The average molecular weight is 243 g/mol. The van der Waals surface area contributed by atoms with E-state index in [1.807, 2.05) is 24.3 Å². The maximum atomic E-state index is 12.0. The van der Waals surface area contributed by atoms with Gasteiger partial charge >= 0.3 is 0 Å². The molecule has 0 atom stereocenters. The van der Waals surface area contributed by atoms with Crippen molar-refractivity contribution in [1.29, 1.82) is 0 Å². The lowest BCUT2D eigenvalue weighted by Gasteiger charge is -2.15. The standard InChI is InChI=1S/C14H17N3O/c1-17-14(18)12-9-5-4-8-11(12)13(16-17)15-10-6-2-3-7-10/h4-5,8-10H,2-3,6-7H2,1H3,(H,15,16). The van der Waals surface area contributed by atoms with Crippen molar-refractivity contribution in [3.8, 4) is 0 Å². The van der Waals surface area contributed by atoms with Gasteiger partial charge in [0.1, 0.15) is 0 Å². The van der Waals surface area contributed by atoms with Gasteiger partial charge in [0.15, 0.2) is 5.82 Å². The molecule has 1 aliphatic carbocycles. The first-order valence-electron chi connectivity index (χ1n) is 6.48. The average Bonchev–Trinajstić information content (AvgIpc) is 2.89. The van der Waals surface area contributed by atoms with Gasteiger partial charge in [-0.3, -0.25) is 4.79 Å². The van der Waals surface area contributed by atoms with Crippen molar-refractivity contribution in [1.82, 2.24) is 9.78 Å². The highest BCUT2D eigenvalue weighted by atomic mass is 16.1. The first kappa shape index (κ1) is 11.3. The molecule has 0 amide bonds. The summed E-state index contributed by atoms with van der Waals surface area (Å²) in [6.07, 6.45) is 4.94. The number of rotatable bonds is 2. The van der Waals surface area contributed by atoms with Gasteiger partial charge < -0.3 is 5.32 Å². The third kappa shape index (κ3) is 1.88. The molecule has 1 aromatic carbocycles. The SMILES string of the molecule is Cn1nc(NC2CCCC2)c2ccccc2c1=O. The highest BCUT2D eigenvalue weighted by molar-refractivity contribution is 5.90. The molecule has 1 aliphatic rings. The molecule has 94 valence electrons. The van der Waals surface area contributed by atoms with Crippen LogP contribution in [0, 0.1) is 0 Å². The zero-order chi connectivity index (χ0) is 12.5. The normalized spacial score (nSPS) is 16.3. The molecule has 1 aromatic heterocycles. The van der Waals surface area contributed by atoms with Gasteiger partial charge in [-0.1, -0.05) is 31.0 Å². The van der Waals surface area contributed by atoms with E-state index in [0.29, 0.717) is 6.04 Å². The Balaban J connectivity index is 2.10. The van der Waals surface area contributed by atoms with Crippen molar-refractivity contribution in [2.75, 3.05) is 5.32 Å². The molecule has 0 aliphatic heterocycles. The van der Waals surface area contributed by atoms with Crippen LogP contribution >= 0.6 is 0 Å². The Bertz CT molecular complexity index is 626. The fourth-order valence-corrected chi connectivity index (χ4v) is 2.67. The number of aromatic nitrogens is 2. The molecule has 0 radical (unpaired) electrons. The number of nitrogens with one attached hydrogen (secondary N) is 1. The predicted octanol–water partition coefficient (Wildman–Crippen LogP) is 2.29. The summed E-state index contributed by atoms with van der Waals surface area (Å²) in [5.41, 5.74) is -0.0393. The second-order valence-electron chi connectivity index (χ2n) is 4.95. The smallest absolute Gasteiger partial charge is 0.274 e. The first-order chi connectivity index (χ1) is 8.75. The summed E-state index contributed by atoms with van der Waals surface area (Å²) >= 11 is 0. The molecule has 1 fully saturated rings. The van der Waals surface area contributed by atoms with E-state index in [1.54, 1.807) is 7.05 Å². The Hall–Kier alpha value is -1.84. The number of hydrogen-bond donors (Lipinski definition) is 1. The van der Waals surface area contributed by atoms with Crippen LogP contribution in [0.4, 0.5) is 5.82 Å². The summed E-state index contributed by atoms with van der Waals surface area (Å²) in [5.74, 6) is 0.833. The molecule has 1 saturated carbocycles. The third-order valence-corrected chi connectivity index (χ3v) is 3.65. The molecule has 3 rings (SSSR count). The van der Waals surface area contributed by atoms with Gasteiger partial charge in [0.05, 0.1) is 5.39 Å². The minimum Gasteiger partial charge on any atom is -0.365 e. The molecule has 1 N–H and O–H groups in total. The van der Waals surface area contributed by atoms with Crippen LogP contribution in [0.15, 0.2) is 29.1 Å². The summed E-state index contributed by atoms with van der Waals surface area (Å²) in [5, 5.41) is 9.49. The molecule has 0 bridgehead atoms. The minimum absolute atomic E-state index is 0.0393. The summed E-state index contributed by atoms with van der Waals surface area (Å²) in [6, 6.07) is 8.16. The maximum Gasteiger partial charge on any atom is 0.274 e. The van der Waals surface area contributed by atoms with Crippen molar-refractivity contribution in [3.05, 3.63) is 34.6 Å². The van der Waals surface area contributed by atoms with Crippen LogP contribution in [0.25, 0.3) is 10.8 Å². The van der Waals surface area contributed by atoms with Gasteiger partial charge in [0.25, 0.3) is 5.56 Å². The van der Waals surface area contributed by atoms with Gasteiger partial charge in [-0.2, -0.15) is 5.10 Å². The molecule has 0 unspecified atom stereocenters. The second-order valence-corrected chi connectivity index (χ2v) is 4.95. The Kier molecular flexibility index (Phi) is 2.78. The molecular weight excluding hydrogens is 226 g/mol. The zero-order valence-electron chi connectivity index (χ0n) is 10.5. The molecular formula is C14H17N3O. The van der Waals surface area contributed by atoms with E-state index < -0.39 is 0 Å². The van der Waals surface area contributed by atoms with Crippen LogP contribution in [0.3, 0.4) is 0 Å². The van der Waals surface area contributed by atoms with E-state index in [4.69, 9.17) is 0 Å². The number of nitrogens with zero attached hydrogens (tertiary/aromatic N) is 2. The molecule has 4 heteroatoms. The number of benzene rings is 1. The van der Waals surface area contributed by atoms with Crippen molar-refractivity contribution < 1.29 is 0 Å². The lowest BCUT2D eigenvalue weighted by atomic mass is 10.1. The summed E-state index contributed by atoms with van der Waals surface area (Å²) in [7, 11) is 1.70. The third-order valence-electron chi connectivity index (χ3n) is 3.65.